The highest BCUT2D eigenvalue weighted by atomic mass is 16.2. The zero-order chi connectivity index (χ0) is 14.6. The van der Waals surface area contributed by atoms with Crippen molar-refractivity contribution in [2.45, 2.75) is 38.8 Å². The molecule has 4 heteroatoms. The maximum atomic E-state index is 12.0. The van der Waals surface area contributed by atoms with Gasteiger partial charge in [0.1, 0.15) is 0 Å². The molecule has 2 rings (SSSR count). The Hall–Kier alpha value is -1.39. The normalized spacial score (nSPS) is 16.4. The van der Waals surface area contributed by atoms with Crippen LogP contribution in [0, 0.1) is 0 Å². The Morgan fingerprint density at radius 2 is 1.80 bits per heavy atom. The number of nitrogens with one attached hydrogen (secondary N) is 2. The average molecular weight is 275 g/mol. The molecule has 4 nitrogen and oxygen atoms in total. The van der Waals surface area contributed by atoms with Gasteiger partial charge < -0.3 is 10.6 Å². The first kappa shape index (κ1) is 15.0. The SMILES string of the molecule is CNC(C)(C)C(=O)Nc1ccc(CN2CCCC2)cc1. The van der Waals surface area contributed by atoms with Crippen molar-refractivity contribution in [2.75, 3.05) is 25.5 Å². The fourth-order valence-electron chi connectivity index (χ4n) is 2.29. The van der Waals surface area contributed by atoms with Gasteiger partial charge in [-0.15, -0.1) is 0 Å². The van der Waals surface area contributed by atoms with Gasteiger partial charge in [-0.2, -0.15) is 0 Å². The second-order valence-corrected chi connectivity index (χ2v) is 6.01. The third-order valence-corrected chi connectivity index (χ3v) is 4.01. The number of likely N-dealkylation sites (N-methyl/N-ethyl adjacent to an activating group) is 1. The van der Waals surface area contributed by atoms with Crippen LogP contribution in [0.2, 0.25) is 0 Å². The molecular formula is C16H25N3O. The molecule has 0 aromatic heterocycles. The lowest BCUT2D eigenvalue weighted by Crippen LogP contribution is -2.47. The summed E-state index contributed by atoms with van der Waals surface area (Å²) in [7, 11) is 1.79. The van der Waals surface area contributed by atoms with Crippen molar-refractivity contribution in [1.29, 1.82) is 0 Å². The summed E-state index contributed by atoms with van der Waals surface area (Å²) in [5.74, 6) is -0.0210. The van der Waals surface area contributed by atoms with Crippen molar-refractivity contribution in [3.63, 3.8) is 0 Å². The van der Waals surface area contributed by atoms with E-state index in [0.29, 0.717) is 0 Å². The minimum absolute atomic E-state index is 0.0210. The number of nitrogens with zero attached hydrogens (tertiary/aromatic N) is 1. The van der Waals surface area contributed by atoms with Crippen LogP contribution in [0.5, 0.6) is 0 Å². The Morgan fingerprint density at radius 3 is 2.35 bits per heavy atom. The molecule has 1 saturated heterocycles. The van der Waals surface area contributed by atoms with Crippen molar-refractivity contribution in [2.24, 2.45) is 0 Å². The fraction of sp³-hybridized carbons (Fsp3) is 0.562. The average Bonchev–Trinajstić information content (AvgIpc) is 2.94. The van der Waals surface area contributed by atoms with E-state index >= 15 is 0 Å². The number of amides is 1. The maximum Gasteiger partial charge on any atom is 0.244 e. The molecule has 1 aromatic carbocycles. The Balaban J connectivity index is 1.92. The van der Waals surface area contributed by atoms with Gasteiger partial charge in [0.15, 0.2) is 0 Å². The summed E-state index contributed by atoms with van der Waals surface area (Å²) in [6.45, 7) is 7.15. The van der Waals surface area contributed by atoms with Gasteiger partial charge >= 0.3 is 0 Å². The van der Waals surface area contributed by atoms with Crippen LogP contribution in [0.1, 0.15) is 32.3 Å². The first-order chi connectivity index (χ1) is 9.51. The molecule has 20 heavy (non-hydrogen) atoms. The summed E-state index contributed by atoms with van der Waals surface area (Å²) >= 11 is 0. The molecule has 1 aromatic rings. The van der Waals surface area contributed by atoms with Crippen LogP contribution < -0.4 is 10.6 Å². The topological polar surface area (TPSA) is 44.4 Å². The number of hydrogen-bond donors (Lipinski definition) is 2. The van der Waals surface area contributed by atoms with Crippen molar-refractivity contribution >= 4 is 11.6 Å². The van der Waals surface area contributed by atoms with Crippen LogP contribution in [0.25, 0.3) is 0 Å². The molecule has 0 radical (unpaired) electrons. The Kier molecular flexibility index (Phi) is 4.78. The third-order valence-electron chi connectivity index (χ3n) is 4.01. The third kappa shape index (κ3) is 3.81. The van der Waals surface area contributed by atoms with Crippen LogP contribution in [-0.4, -0.2) is 36.5 Å². The van der Waals surface area contributed by atoms with Gasteiger partial charge in [-0.3, -0.25) is 9.69 Å². The van der Waals surface area contributed by atoms with Gasteiger partial charge in [-0.25, -0.2) is 0 Å². The standard InChI is InChI=1S/C16H25N3O/c1-16(2,17-3)15(20)18-14-8-6-13(7-9-14)12-19-10-4-5-11-19/h6-9,17H,4-5,10-12H2,1-3H3,(H,18,20). The Labute approximate surface area is 121 Å². The molecule has 1 aliphatic rings. The van der Waals surface area contributed by atoms with E-state index in [4.69, 9.17) is 0 Å². The van der Waals surface area contributed by atoms with Crippen LogP contribution in [0.4, 0.5) is 5.69 Å². The monoisotopic (exact) mass is 275 g/mol. The van der Waals surface area contributed by atoms with Crippen molar-refractivity contribution in [3.05, 3.63) is 29.8 Å². The summed E-state index contributed by atoms with van der Waals surface area (Å²) in [6, 6.07) is 8.16. The second kappa shape index (κ2) is 6.37. The number of carbonyl (C=O) groups is 1. The molecule has 1 amide bonds. The first-order valence-corrected chi connectivity index (χ1v) is 7.33. The highest BCUT2D eigenvalue weighted by Crippen LogP contribution is 2.16. The molecule has 1 aliphatic heterocycles. The maximum absolute atomic E-state index is 12.0. The molecule has 0 atom stereocenters. The second-order valence-electron chi connectivity index (χ2n) is 6.01. The molecule has 0 bridgehead atoms. The first-order valence-electron chi connectivity index (χ1n) is 7.33. The molecule has 0 spiro atoms. The largest absolute Gasteiger partial charge is 0.325 e. The zero-order valence-electron chi connectivity index (χ0n) is 12.7. The molecular weight excluding hydrogens is 250 g/mol. The van der Waals surface area contributed by atoms with E-state index in [1.165, 1.54) is 31.5 Å². The van der Waals surface area contributed by atoms with Crippen molar-refractivity contribution in [3.8, 4) is 0 Å². The van der Waals surface area contributed by atoms with Crippen molar-refractivity contribution in [1.82, 2.24) is 10.2 Å². The van der Waals surface area contributed by atoms with Crippen LogP contribution in [-0.2, 0) is 11.3 Å². The number of carbonyl (C=O) groups excluding carboxylic acids is 1. The zero-order valence-corrected chi connectivity index (χ0v) is 12.7. The van der Waals surface area contributed by atoms with Crippen LogP contribution in [0.3, 0.4) is 0 Å². The van der Waals surface area contributed by atoms with Gasteiger partial charge in [0.2, 0.25) is 5.91 Å². The van der Waals surface area contributed by atoms with Crippen LogP contribution >= 0.6 is 0 Å². The van der Waals surface area contributed by atoms with Gasteiger partial charge in [0.25, 0.3) is 0 Å². The van der Waals surface area contributed by atoms with E-state index in [9.17, 15) is 4.79 Å². The van der Waals surface area contributed by atoms with Gasteiger partial charge in [-0.05, 0) is 64.5 Å². The summed E-state index contributed by atoms with van der Waals surface area (Å²) in [4.78, 5) is 14.5. The number of anilines is 1. The molecule has 1 fully saturated rings. The van der Waals surface area contributed by atoms with E-state index in [2.05, 4.69) is 27.7 Å². The quantitative estimate of drug-likeness (QED) is 0.866. The highest BCUT2D eigenvalue weighted by Gasteiger charge is 2.25. The molecule has 1 heterocycles. The lowest BCUT2D eigenvalue weighted by Gasteiger charge is -2.22. The van der Waals surface area contributed by atoms with Crippen LogP contribution in [0.15, 0.2) is 24.3 Å². The molecule has 0 saturated carbocycles. The Morgan fingerprint density at radius 1 is 1.20 bits per heavy atom. The predicted octanol–water partition coefficient (Wildman–Crippen LogP) is 2.22. The Bertz CT molecular complexity index is 447. The summed E-state index contributed by atoms with van der Waals surface area (Å²) in [6.07, 6.45) is 2.63. The van der Waals surface area contributed by atoms with E-state index in [-0.39, 0.29) is 5.91 Å². The lowest BCUT2D eigenvalue weighted by molar-refractivity contribution is -0.121. The minimum atomic E-state index is -0.561. The number of hydrogen-bond acceptors (Lipinski definition) is 3. The van der Waals surface area contributed by atoms with Gasteiger partial charge in [-0.1, -0.05) is 12.1 Å². The molecule has 110 valence electrons. The smallest absolute Gasteiger partial charge is 0.244 e. The van der Waals surface area contributed by atoms with E-state index in [0.717, 1.165) is 12.2 Å². The molecule has 0 unspecified atom stereocenters. The number of benzene rings is 1. The summed E-state index contributed by atoms with van der Waals surface area (Å²) in [5, 5.41) is 5.94. The van der Waals surface area contributed by atoms with Gasteiger partial charge in [0.05, 0.1) is 5.54 Å². The fourth-order valence-corrected chi connectivity index (χ4v) is 2.29. The number of rotatable bonds is 5. The van der Waals surface area contributed by atoms with Gasteiger partial charge in [0, 0.05) is 12.2 Å². The predicted molar refractivity (Wildman–Crippen MR) is 82.7 cm³/mol. The number of likely N-dealkylation sites (tertiary alicyclic amines) is 1. The van der Waals surface area contributed by atoms with E-state index in [1.54, 1.807) is 7.05 Å². The highest BCUT2D eigenvalue weighted by molar-refractivity contribution is 5.97. The molecule has 0 aliphatic carbocycles. The van der Waals surface area contributed by atoms with E-state index < -0.39 is 5.54 Å². The summed E-state index contributed by atoms with van der Waals surface area (Å²) < 4.78 is 0. The lowest BCUT2D eigenvalue weighted by atomic mass is 10.0. The molecule has 2 N–H and O–H groups in total. The summed E-state index contributed by atoms with van der Waals surface area (Å²) in [5.41, 5.74) is 1.59. The minimum Gasteiger partial charge on any atom is -0.325 e. The van der Waals surface area contributed by atoms with Crippen molar-refractivity contribution < 1.29 is 4.79 Å². The van der Waals surface area contributed by atoms with E-state index in [1.807, 2.05) is 26.0 Å².